The van der Waals surface area contributed by atoms with E-state index in [0.717, 1.165) is 17.7 Å². The Hall–Kier alpha value is -4.53. The number of carbonyl (C=O) groups is 1. The summed E-state index contributed by atoms with van der Waals surface area (Å²) < 4.78 is 54.6. The predicted octanol–water partition coefficient (Wildman–Crippen LogP) is 6.77. The summed E-state index contributed by atoms with van der Waals surface area (Å²) in [5.41, 5.74) is 1.47. The van der Waals surface area contributed by atoms with Crippen LogP contribution in [0, 0.1) is 11.6 Å². The summed E-state index contributed by atoms with van der Waals surface area (Å²) in [5, 5.41) is 2.74. The minimum Gasteiger partial charge on any atom is -0.490 e. The second-order valence-corrected chi connectivity index (χ2v) is 8.04. The molecule has 4 aromatic rings. The van der Waals surface area contributed by atoms with E-state index in [0.29, 0.717) is 48.5 Å². The van der Waals surface area contributed by atoms with Crippen molar-refractivity contribution in [1.82, 2.24) is 0 Å². The number of halogens is 2. The highest BCUT2D eigenvalue weighted by Crippen LogP contribution is 2.29. The van der Waals surface area contributed by atoms with E-state index in [-0.39, 0.29) is 18.1 Å². The Morgan fingerprint density at radius 3 is 2.24 bits per heavy atom. The van der Waals surface area contributed by atoms with E-state index >= 15 is 0 Å². The van der Waals surface area contributed by atoms with Crippen LogP contribution in [-0.2, 0) is 13.2 Å². The second-order valence-electron chi connectivity index (χ2n) is 8.04. The lowest BCUT2D eigenvalue weighted by atomic mass is 10.2. The molecular formula is C29H27F2NO6. The van der Waals surface area contributed by atoms with Gasteiger partial charge in [-0.25, -0.2) is 8.78 Å². The molecule has 0 aliphatic rings. The van der Waals surface area contributed by atoms with E-state index in [9.17, 15) is 13.6 Å². The SMILES string of the molecule is CCOc1ccc(COc2ccc(NC(=O)c3ccc(COc4ccc(F)cc4F)o3)cc2)cc1OCC. The molecular weight excluding hydrogens is 496 g/mol. The monoisotopic (exact) mass is 523 g/mol. The molecule has 0 radical (unpaired) electrons. The standard InChI is InChI=1S/C29H27F2NO6/c1-3-34-26-12-5-19(15-28(26)35-4-2)17-36-22-9-7-21(8-10-22)32-29(33)27-14-11-23(38-27)18-37-25-13-6-20(30)16-24(25)31/h5-16H,3-4,17-18H2,1-2H3,(H,32,33). The molecule has 0 aliphatic carbocycles. The maximum Gasteiger partial charge on any atom is 0.291 e. The lowest BCUT2D eigenvalue weighted by Crippen LogP contribution is -2.10. The van der Waals surface area contributed by atoms with Gasteiger partial charge in [-0.15, -0.1) is 0 Å². The molecule has 1 amide bonds. The van der Waals surface area contributed by atoms with Gasteiger partial charge in [0.15, 0.2) is 28.8 Å². The highest BCUT2D eigenvalue weighted by Gasteiger charge is 2.13. The number of furan rings is 1. The van der Waals surface area contributed by atoms with Gasteiger partial charge in [-0.2, -0.15) is 0 Å². The summed E-state index contributed by atoms with van der Waals surface area (Å²) in [6.07, 6.45) is 0. The number of nitrogens with one attached hydrogen (secondary N) is 1. The van der Waals surface area contributed by atoms with Crippen molar-refractivity contribution in [2.75, 3.05) is 18.5 Å². The zero-order chi connectivity index (χ0) is 26.9. The predicted molar refractivity (Wildman–Crippen MR) is 137 cm³/mol. The van der Waals surface area contributed by atoms with E-state index in [1.807, 2.05) is 32.0 Å². The number of hydrogen-bond acceptors (Lipinski definition) is 6. The largest absolute Gasteiger partial charge is 0.490 e. The molecule has 1 heterocycles. The van der Waals surface area contributed by atoms with Crippen molar-refractivity contribution >= 4 is 11.6 Å². The first-order chi connectivity index (χ1) is 18.4. The van der Waals surface area contributed by atoms with Crippen LogP contribution in [0.3, 0.4) is 0 Å². The summed E-state index contributed by atoms with van der Waals surface area (Å²) in [5.74, 6) is 0.254. The third-order valence-electron chi connectivity index (χ3n) is 5.27. The van der Waals surface area contributed by atoms with E-state index in [4.69, 9.17) is 23.4 Å². The zero-order valence-electron chi connectivity index (χ0n) is 21.0. The quantitative estimate of drug-likeness (QED) is 0.221. The molecule has 7 nitrogen and oxygen atoms in total. The van der Waals surface area contributed by atoms with Crippen LogP contribution in [0.2, 0.25) is 0 Å². The molecule has 0 saturated carbocycles. The van der Waals surface area contributed by atoms with Crippen LogP contribution in [0.1, 0.15) is 35.7 Å². The number of benzene rings is 3. The lowest BCUT2D eigenvalue weighted by Gasteiger charge is -2.13. The highest BCUT2D eigenvalue weighted by molar-refractivity contribution is 6.02. The van der Waals surface area contributed by atoms with Crippen molar-refractivity contribution in [3.63, 3.8) is 0 Å². The minimum absolute atomic E-state index is 0.0594. The molecule has 0 saturated heterocycles. The van der Waals surface area contributed by atoms with Crippen molar-refractivity contribution < 1.29 is 36.9 Å². The Labute approximate surface area is 218 Å². The Morgan fingerprint density at radius 2 is 1.50 bits per heavy atom. The molecule has 1 N–H and O–H groups in total. The topological polar surface area (TPSA) is 79.2 Å². The molecule has 9 heteroatoms. The van der Waals surface area contributed by atoms with Gasteiger partial charge in [0.2, 0.25) is 0 Å². The molecule has 0 aliphatic heterocycles. The van der Waals surface area contributed by atoms with Crippen LogP contribution < -0.4 is 24.3 Å². The number of carbonyl (C=O) groups excluding carboxylic acids is 1. The van der Waals surface area contributed by atoms with Gasteiger partial charge in [0.1, 0.15) is 30.5 Å². The fourth-order valence-electron chi connectivity index (χ4n) is 3.50. The number of anilines is 1. The van der Waals surface area contributed by atoms with Crippen LogP contribution in [0.5, 0.6) is 23.0 Å². The van der Waals surface area contributed by atoms with Crippen molar-refractivity contribution in [2.45, 2.75) is 27.1 Å². The molecule has 0 atom stereocenters. The van der Waals surface area contributed by atoms with E-state index in [1.165, 1.54) is 12.1 Å². The molecule has 0 bridgehead atoms. The van der Waals surface area contributed by atoms with Gasteiger partial charge in [-0.05, 0) is 80.1 Å². The zero-order valence-corrected chi connectivity index (χ0v) is 21.0. The van der Waals surface area contributed by atoms with Gasteiger partial charge in [0.25, 0.3) is 5.91 Å². The summed E-state index contributed by atoms with van der Waals surface area (Å²) in [6.45, 7) is 5.12. The van der Waals surface area contributed by atoms with E-state index in [1.54, 1.807) is 30.3 Å². The molecule has 1 aromatic heterocycles. The van der Waals surface area contributed by atoms with E-state index < -0.39 is 17.5 Å². The summed E-state index contributed by atoms with van der Waals surface area (Å²) >= 11 is 0. The molecule has 38 heavy (non-hydrogen) atoms. The first kappa shape index (κ1) is 26.5. The Bertz CT molecular complexity index is 1370. The molecule has 0 spiro atoms. The highest BCUT2D eigenvalue weighted by atomic mass is 19.1. The smallest absolute Gasteiger partial charge is 0.291 e. The second kappa shape index (κ2) is 12.6. The first-order valence-corrected chi connectivity index (χ1v) is 12.0. The van der Waals surface area contributed by atoms with Crippen molar-refractivity contribution in [3.05, 3.63) is 102 Å². The maximum absolute atomic E-state index is 13.7. The van der Waals surface area contributed by atoms with E-state index in [2.05, 4.69) is 5.32 Å². The van der Waals surface area contributed by atoms with Gasteiger partial charge < -0.3 is 28.7 Å². The summed E-state index contributed by atoms with van der Waals surface area (Å²) in [6, 6.07) is 18.6. The Balaban J connectivity index is 1.29. The molecule has 0 fully saturated rings. The van der Waals surface area contributed by atoms with Crippen LogP contribution in [0.25, 0.3) is 0 Å². The van der Waals surface area contributed by atoms with Crippen LogP contribution >= 0.6 is 0 Å². The maximum atomic E-state index is 13.7. The average molecular weight is 524 g/mol. The molecule has 4 rings (SSSR count). The summed E-state index contributed by atoms with van der Waals surface area (Å²) in [7, 11) is 0. The molecule has 3 aromatic carbocycles. The fourth-order valence-corrected chi connectivity index (χ4v) is 3.50. The summed E-state index contributed by atoms with van der Waals surface area (Å²) in [4.78, 5) is 12.5. The normalized spacial score (nSPS) is 10.6. The Kier molecular flexibility index (Phi) is 8.81. The van der Waals surface area contributed by atoms with Gasteiger partial charge in [-0.1, -0.05) is 6.07 Å². The third-order valence-corrected chi connectivity index (χ3v) is 5.27. The lowest BCUT2D eigenvalue weighted by molar-refractivity contribution is 0.0992. The van der Waals surface area contributed by atoms with Gasteiger partial charge in [0.05, 0.1) is 13.2 Å². The Morgan fingerprint density at radius 1 is 0.763 bits per heavy atom. The number of ether oxygens (including phenoxy) is 4. The first-order valence-electron chi connectivity index (χ1n) is 12.0. The van der Waals surface area contributed by atoms with Gasteiger partial charge >= 0.3 is 0 Å². The number of rotatable bonds is 12. The van der Waals surface area contributed by atoms with Crippen molar-refractivity contribution in [2.24, 2.45) is 0 Å². The average Bonchev–Trinajstić information content (AvgIpc) is 3.39. The van der Waals surface area contributed by atoms with Gasteiger partial charge in [-0.3, -0.25) is 4.79 Å². The van der Waals surface area contributed by atoms with Crippen LogP contribution in [0.15, 0.2) is 77.2 Å². The number of amides is 1. The van der Waals surface area contributed by atoms with Gasteiger partial charge in [0, 0.05) is 11.8 Å². The van der Waals surface area contributed by atoms with Crippen LogP contribution in [-0.4, -0.2) is 19.1 Å². The fraction of sp³-hybridized carbons (Fsp3) is 0.207. The molecule has 0 unspecified atom stereocenters. The molecule has 198 valence electrons. The minimum atomic E-state index is -0.823. The van der Waals surface area contributed by atoms with Crippen molar-refractivity contribution in [1.29, 1.82) is 0 Å². The number of hydrogen-bond donors (Lipinski definition) is 1. The van der Waals surface area contributed by atoms with Crippen molar-refractivity contribution in [3.8, 4) is 23.0 Å². The van der Waals surface area contributed by atoms with Crippen LogP contribution in [0.4, 0.5) is 14.5 Å². The third kappa shape index (κ3) is 7.03.